The summed E-state index contributed by atoms with van der Waals surface area (Å²) in [5, 5.41) is -0.847. The lowest BCUT2D eigenvalue weighted by Gasteiger charge is -2.39. The van der Waals surface area contributed by atoms with Crippen molar-refractivity contribution in [3.63, 3.8) is 0 Å². The zero-order valence-corrected chi connectivity index (χ0v) is 15.8. The SMILES string of the molecule is COc1cccc(C2C(C)(C)OC(=NC3CCCCC3)NS2(=O)=O)c1. The van der Waals surface area contributed by atoms with Gasteiger partial charge in [0.05, 0.1) is 13.2 Å². The molecule has 1 saturated carbocycles. The number of aliphatic imine (C=N–C) groups is 1. The first-order valence-corrected chi connectivity index (χ1v) is 10.3. The fraction of sp³-hybridized carbons (Fsp3) is 0.611. The van der Waals surface area contributed by atoms with E-state index >= 15 is 0 Å². The van der Waals surface area contributed by atoms with Crippen LogP contribution in [-0.2, 0) is 14.8 Å². The number of amidine groups is 1. The summed E-state index contributed by atoms with van der Waals surface area (Å²) < 4.78 is 39.6. The van der Waals surface area contributed by atoms with Gasteiger partial charge >= 0.3 is 0 Å². The molecular weight excluding hydrogens is 340 g/mol. The predicted octanol–water partition coefficient (Wildman–Crippen LogP) is 3.15. The molecular formula is C18H26N2O4S. The van der Waals surface area contributed by atoms with Gasteiger partial charge in [-0.05, 0) is 44.4 Å². The van der Waals surface area contributed by atoms with Crippen molar-refractivity contribution in [3.8, 4) is 5.75 Å². The van der Waals surface area contributed by atoms with Gasteiger partial charge in [0.2, 0.25) is 10.0 Å². The maximum absolute atomic E-state index is 12.9. The van der Waals surface area contributed by atoms with Crippen molar-refractivity contribution in [1.29, 1.82) is 0 Å². The van der Waals surface area contributed by atoms with E-state index in [1.54, 1.807) is 45.2 Å². The highest BCUT2D eigenvalue weighted by atomic mass is 32.2. The van der Waals surface area contributed by atoms with Crippen LogP contribution in [0.1, 0.15) is 56.8 Å². The Hall–Kier alpha value is -1.76. The summed E-state index contributed by atoms with van der Waals surface area (Å²) in [5.74, 6) is 0.616. The van der Waals surface area contributed by atoms with Crippen molar-refractivity contribution in [3.05, 3.63) is 29.8 Å². The maximum atomic E-state index is 12.9. The number of methoxy groups -OCH3 is 1. The third-order valence-corrected chi connectivity index (χ3v) is 6.72. The van der Waals surface area contributed by atoms with E-state index in [4.69, 9.17) is 9.47 Å². The Morgan fingerprint density at radius 3 is 2.60 bits per heavy atom. The maximum Gasteiger partial charge on any atom is 0.299 e. The standard InChI is InChI=1S/C18H26N2O4S/c1-18(2)16(13-8-7-11-15(12-13)23-3)25(21,22)20-17(24-18)19-14-9-5-4-6-10-14/h7-8,11-12,14,16H,4-6,9-10H2,1-3H3,(H,19,20). The molecule has 7 heteroatoms. The Morgan fingerprint density at radius 2 is 1.96 bits per heavy atom. The molecule has 1 saturated heterocycles. The molecule has 0 amide bonds. The highest BCUT2D eigenvalue weighted by Crippen LogP contribution is 2.39. The lowest BCUT2D eigenvalue weighted by molar-refractivity contribution is 0.0757. The molecule has 1 atom stereocenters. The van der Waals surface area contributed by atoms with E-state index in [2.05, 4.69) is 9.71 Å². The molecule has 1 aliphatic carbocycles. The second-order valence-corrected chi connectivity index (χ2v) is 9.00. The van der Waals surface area contributed by atoms with E-state index in [9.17, 15) is 8.42 Å². The molecule has 138 valence electrons. The van der Waals surface area contributed by atoms with Gasteiger partial charge in [-0.25, -0.2) is 18.1 Å². The van der Waals surface area contributed by atoms with Crippen molar-refractivity contribution < 1.29 is 17.9 Å². The van der Waals surface area contributed by atoms with Gasteiger partial charge in [-0.15, -0.1) is 0 Å². The zero-order chi connectivity index (χ0) is 18.1. The second kappa shape index (κ2) is 6.86. The van der Waals surface area contributed by atoms with Gasteiger partial charge in [-0.2, -0.15) is 0 Å². The molecule has 1 unspecified atom stereocenters. The van der Waals surface area contributed by atoms with Gasteiger partial charge < -0.3 is 9.47 Å². The fourth-order valence-electron chi connectivity index (χ4n) is 3.69. The first kappa shape index (κ1) is 18.0. The van der Waals surface area contributed by atoms with Crippen LogP contribution in [0.25, 0.3) is 0 Å². The first-order chi connectivity index (χ1) is 11.8. The van der Waals surface area contributed by atoms with Crippen LogP contribution in [0.5, 0.6) is 5.75 Å². The number of nitrogens with zero attached hydrogens (tertiary/aromatic N) is 1. The van der Waals surface area contributed by atoms with Crippen molar-refractivity contribution in [1.82, 2.24) is 4.72 Å². The Bertz CT molecular complexity index is 752. The monoisotopic (exact) mass is 366 g/mol. The molecule has 1 aromatic carbocycles. The van der Waals surface area contributed by atoms with Gasteiger partial charge in [0.15, 0.2) is 0 Å². The number of ether oxygens (including phenoxy) is 2. The summed E-state index contributed by atoms with van der Waals surface area (Å²) in [6, 6.07) is 7.34. The molecule has 1 aromatic rings. The van der Waals surface area contributed by atoms with Crippen molar-refractivity contribution >= 4 is 16.0 Å². The van der Waals surface area contributed by atoms with Crippen LogP contribution in [0.2, 0.25) is 0 Å². The second-order valence-electron chi connectivity index (χ2n) is 7.24. The lowest BCUT2D eigenvalue weighted by Crippen LogP contribution is -2.53. The van der Waals surface area contributed by atoms with E-state index in [0.29, 0.717) is 11.3 Å². The molecule has 0 aromatic heterocycles. The average Bonchev–Trinajstić information content (AvgIpc) is 2.53. The number of rotatable bonds is 3. The molecule has 25 heavy (non-hydrogen) atoms. The van der Waals surface area contributed by atoms with Crippen LogP contribution in [0.3, 0.4) is 0 Å². The zero-order valence-electron chi connectivity index (χ0n) is 15.0. The first-order valence-electron chi connectivity index (χ1n) is 8.74. The smallest absolute Gasteiger partial charge is 0.299 e. The Morgan fingerprint density at radius 1 is 1.24 bits per heavy atom. The minimum absolute atomic E-state index is 0.121. The van der Waals surface area contributed by atoms with Gasteiger partial charge in [0.25, 0.3) is 6.02 Å². The van der Waals surface area contributed by atoms with Crippen LogP contribution in [0.4, 0.5) is 0 Å². The van der Waals surface area contributed by atoms with Gasteiger partial charge in [-0.1, -0.05) is 31.4 Å². The number of hydrogen-bond acceptors (Lipinski definition) is 5. The number of hydrogen-bond donors (Lipinski definition) is 1. The van der Waals surface area contributed by atoms with Crippen molar-refractivity contribution in [2.75, 3.05) is 7.11 Å². The van der Waals surface area contributed by atoms with Crippen LogP contribution < -0.4 is 9.46 Å². The molecule has 2 fully saturated rings. The summed E-state index contributed by atoms with van der Waals surface area (Å²) in [6.45, 7) is 3.57. The highest BCUT2D eigenvalue weighted by molar-refractivity contribution is 7.90. The van der Waals surface area contributed by atoms with Crippen LogP contribution in [0, 0.1) is 0 Å². The topological polar surface area (TPSA) is 77.0 Å². The molecule has 6 nitrogen and oxygen atoms in total. The van der Waals surface area contributed by atoms with Crippen molar-refractivity contribution in [2.24, 2.45) is 4.99 Å². The summed E-state index contributed by atoms with van der Waals surface area (Å²) in [7, 11) is -2.11. The number of nitrogens with one attached hydrogen (secondary N) is 1. The minimum atomic E-state index is -3.67. The van der Waals surface area contributed by atoms with E-state index in [-0.39, 0.29) is 12.1 Å². The molecule has 0 bridgehead atoms. The van der Waals surface area contributed by atoms with Crippen LogP contribution >= 0.6 is 0 Å². The fourth-order valence-corrected chi connectivity index (χ4v) is 5.45. The van der Waals surface area contributed by atoms with Gasteiger partial charge in [-0.3, -0.25) is 0 Å². The molecule has 3 rings (SSSR count). The molecule has 0 radical (unpaired) electrons. The Balaban J connectivity index is 1.91. The van der Waals surface area contributed by atoms with E-state index < -0.39 is 20.9 Å². The minimum Gasteiger partial charge on any atom is -0.497 e. The molecule has 0 spiro atoms. The van der Waals surface area contributed by atoms with Gasteiger partial charge in [0.1, 0.15) is 16.6 Å². The largest absolute Gasteiger partial charge is 0.497 e. The summed E-state index contributed by atoms with van der Waals surface area (Å²) in [4.78, 5) is 4.53. The number of benzene rings is 1. The molecule has 1 heterocycles. The Labute approximate surface area is 149 Å². The third kappa shape index (κ3) is 3.92. The van der Waals surface area contributed by atoms with Crippen LogP contribution in [-0.4, -0.2) is 33.2 Å². The normalized spacial score (nSPS) is 27.3. The van der Waals surface area contributed by atoms with E-state index in [0.717, 1.165) is 25.7 Å². The highest BCUT2D eigenvalue weighted by Gasteiger charge is 2.48. The molecule has 2 aliphatic rings. The Kier molecular flexibility index (Phi) is 4.95. The molecule has 1 N–H and O–H groups in total. The quantitative estimate of drug-likeness (QED) is 0.891. The average molecular weight is 366 g/mol. The summed E-state index contributed by atoms with van der Waals surface area (Å²) >= 11 is 0. The van der Waals surface area contributed by atoms with E-state index in [1.165, 1.54) is 6.42 Å². The van der Waals surface area contributed by atoms with Crippen LogP contribution in [0.15, 0.2) is 29.3 Å². The lowest BCUT2D eigenvalue weighted by atomic mass is 9.96. The predicted molar refractivity (Wildman–Crippen MR) is 97.3 cm³/mol. The van der Waals surface area contributed by atoms with Gasteiger partial charge in [0, 0.05) is 0 Å². The molecule has 1 aliphatic heterocycles. The summed E-state index contributed by atoms with van der Waals surface area (Å²) in [6.07, 6.45) is 5.44. The summed E-state index contributed by atoms with van der Waals surface area (Å²) in [5.41, 5.74) is -0.308. The number of sulfonamides is 1. The van der Waals surface area contributed by atoms with E-state index in [1.807, 2.05) is 0 Å². The van der Waals surface area contributed by atoms with Crippen molar-refractivity contribution in [2.45, 2.75) is 62.8 Å². The third-order valence-electron chi connectivity index (χ3n) is 4.80.